The van der Waals surface area contributed by atoms with Gasteiger partial charge in [-0.1, -0.05) is 20.8 Å². The van der Waals surface area contributed by atoms with Crippen molar-refractivity contribution in [2.75, 3.05) is 45.6 Å². The summed E-state index contributed by atoms with van der Waals surface area (Å²) in [5, 5.41) is 0. The molecule has 0 aliphatic rings. The maximum absolute atomic E-state index is 5.85. The zero-order chi connectivity index (χ0) is 16.8. The highest BCUT2D eigenvalue weighted by atomic mass is 28.4. The first kappa shape index (κ1) is 21.7. The van der Waals surface area contributed by atoms with Crippen LogP contribution in [0.2, 0.25) is 0 Å². The third-order valence-corrected chi connectivity index (χ3v) is 6.34. The molecule has 0 aliphatic carbocycles. The van der Waals surface area contributed by atoms with Crippen molar-refractivity contribution in [3.63, 3.8) is 0 Å². The Morgan fingerprint density at radius 3 is 1.73 bits per heavy atom. The molecule has 0 N–H and O–H groups in total. The van der Waals surface area contributed by atoms with Crippen molar-refractivity contribution in [2.45, 2.75) is 54.4 Å². The fourth-order valence-corrected chi connectivity index (χ4v) is 4.59. The van der Waals surface area contributed by atoms with Gasteiger partial charge < -0.3 is 18.2 Å². The summed E-state index contributed by atoms with van der Waals surface area (Å²) in [6, 6.07) is 0. The van der Waals surface area contributed by atoms with Crippen molar-refractivity contribution < 1.29 is 13.3 Å². The van der Waals surface area contributed by atoms with E-state index in [1.54, 1.807) is 0 Å². The Morgan fingerprint density at radius 1 is 0.864 bits per heavy atom. The lowest BCUT2D eigenvalue weighted by molar-refractivity contribution is 0.0729. The molecule has 0 aliphatic heterocycles. The number of nitrogens with zero attached hydrogens (tertiary/aromatic N) is 2. The number of rotatable bonds is 14. The molecule has 0 unspecified atom stereocenters. The Kier molecular flexibility index (Phi) is 13.0. The molecule has 0 radical (unpaired) electrons. The summed E-state index contributed by atoms with van der Waals surface area (Å²) in [5.74, 6) is 0. The summed E-state index contributed by atoms with van der Waals surface area (Å²) in [5.41, 5.74) is 1.22. The van der Waals surface area contributed by atoms with Gasteiger partial charge in [0, 0.05) is 32.1 Å². The highest BCUT2D eigenvalue weighted by Crippen LogP contribution is 2.12. The Balaban J connectivity index is 4.77. The first-order valence-corrected chi connectivity index (χ1v) is 10.7. The van der Waals surface area contributed by atoms with E-state index in [4.69, 9.17) is 18.3 Å². The summed E-state index contributed by atoms with van der Waals surface area (Å²) in [6.45, 7) is 17.5. The summed E-state index contributed by atoms with van der Waals surface area (Å²) >= 11 is 0. The van der Waals surface area contributed by atoms with E-state index in [9.17, 15) is 0 Å². The zero-order valence-electron chi connectivity index (χ0n) is 15.5. The molecule has 0 spiro atoms. The molecule has 0 aromatic heterocycles. The second-order valence-electron chi connectivity index (χ2n) is 4.99. The Labute approximate surface area is 138 Å². The van der Waals surface area contributed by atoms with Gasteiger partial charge in [-0.3, -0.25) is 4.99 Å². The average molecular weight is 333 g/mol. The molecule has 0 bridgehead atoms. The van der Waals surface area contributed by atoms with E-state index in [-0.39, 0.29) is 0 Å². The highest BCUT2D eigenvalue weighted by Gasteiger charge is 2.40. The van der Waals surface area contributed by atoms with Gasteiger partial charge in [-0.25, -0.2) is 0 Å². The van der Waals surface area contributed by atoms with Gasteiger partial charge in [0.2, 0.25) is 0 Å². The van der Waals surface area contributed by atoms with Crippen LogP contribution in [0.5, 0.6) is 0 Å². The molecule has 132 valence electrons. The molecule has 5 nitrogen and oxygen atoms in total. The fraction of sp³-hybridized carbons (Fsp3) is 0.938. The van der Waals surface area contributed by atoms with Gasteiger partial charge in [-0.15, -0.1) is 0 Å². The van der Waals surface area contributed by atoms with Gasteiger partial charge in [0.15, 0.2) is 0 Å². The predicted molar refractivity (Wildman–Crippen MR) is 95.6 cm³/mol. The van der Waals surface area contributed by atoms with Crippen LogP contribution in [0.15, 0.2) is 4.99 Å². The monoisotopic (exact) mass is 332 g/mol. The van der Waals surface area contributed by atoms with Crippen LogP contribution < -0.4 is 0 Å². The highest BCUT2D eigenvalue weighted by molar-refractivity contribution is 6.61. The van der Waals surface area contributed by atoms with Crippen LogP contribution in [0.1, 0.15) is 54.4 Å². The van der Waals surface area contributed by atoms with E-state index in [0.29, 0.717) is 26.0 Å². The molecule has 0 rings (SSSR count). The summed E-state index contributed by atoms with van der Waals surface area (Å²) in [7, 11) is -2.65. The van der Waals surface area contributed by atoms with Gasteiger partial charge in [-0.2, -0.15) is 0 Å². The van der Waals surface area contributed by atoms with Crippen LogP contribution in [0.3, 0.4) is 0 Å². The molecule has 0 aromatic rings. The predicted octanol–water partition coefficient (Wildman–Crippen LogP) is 3.16. The van der Waals surface area contributed by atoms with Crippen LogP contribution >= 0.6 is 0 Å². The Bertz CT molecular complexity index is 280. The van der Waals surface area contributed by atoms with E-state index in [2.05, 4.69) is 25.7 Å². The molecule has 0 saturated carbocycles. The fourth-order valence-electron chi connectivity index (χ4n) is 2.32. The summed E-state index contributed by atoms with van der Waals surface area (Å²) in [6.07, 6.45) is 2.51. The normalized spacial score (nSPS) is 13.1. The minimum atomic E-state index is -2.65. The van der Waals surface area contributed by atoms with Crippen molar-refractivity contribution in [3.05, 3.63) is 0 Å². The van der Waals surface area contributed by atoms with Crippen LogP contribution in [0.25, 0.3) is 0 Å². The molecule has 0 atom stereocenters. The maximum Gasteiger partial charge on any atom is 0.523 e. The van der Waals surface area contributed by atoms with Gasteiger partial charge in [-0.05, 0) is 46.7 Å². The third-order valence-electron chi connectivity index (χ3n) is 3.61. The smallest absolute Gasteiger partial charge is 0.373 e. The van der Waals surface area contributed by atoms with E-state index in [1.165, 1.54) is 5.71 Å². The Morgan fingerprint density at radius 2 is 1.36 bits per heavy atom. The lowest BCUT2D eigenvalue weighted by atomic mass is 10.2. The first-order valence-electron chi connectivity index (χ1n) is 8.77. The molecule has 0 aromatic carbocycles. The van der Waals surface area contributed by atoms with Crippen molar-refractivity contribution in [3.8, 4) is 0 Å². The second-order valence-corrected chi connectivity index (χ2v) is 7.54. The Hall–Kier alpha value is -0.273. The van der Waals surface area contributed by atoms with Crippen molar-refractivity contribution in [1.29, 1.82) is 0 Å². The lowest BCUT2D eigenvalue weighted by Crippen LogP contribution is -2.49. The quantitative estimate of drug-likeness (QED) is 0.362. The average Bonchev–Trinajstić information content (AvgIpc) is 2.52. The standard InChI is InChI=1S/C16H36N2O3Si/c1-7-16(13-14-18(8-2)9-3)17-15-22(19-10-4,20-11-5)21-12-6/h7-15H2,1-6H3. The van der Waals surface area contributed by atoms with Crippen molar-refractivity contribution >= 4 is 14.5 Å². The van der Waals surface area contributed by atoms with Crippen molar-refractivity contribution in [2.24, 2.45) is 4.99 Å². The molecule has 6 heteroatoms. The largest absolute Gasteiger partial charge is 0.523 e. The van der Waals surface area contributed by atoms with Crippen LogP contribution in [0.4, 0.5) is 0 Å². The third kappa shape index (κ3) is 8.38. The molecular formula is C16H36N2O3Si. The molecule has 0 heterocycles. The summed E-state index contributed by atoms with van der Waals surface area (Å²) in [4.78, 5) is 7.21. The lowest BCUT2D eigenvalue weighted by Gasteiger charge is -2.27. The molecule has 0 saturated heterocycles. The minimum Gasteiger partial charge on any atom is -0.373 e. The van der Waals surface area contributed by atoms with Gasteiger partial charge in [0.1, 0.15) is 6.17 Å². The topological polar surface area (TPSA) is 43.3 Å². The van der Waals surface area contributed by atoms with E-state index >= 15 is 0 Å². The molecule has 0 amide bonds. The number of hydrogen-bond acceptors (Lipinski definition) is 5. The van der Waals surface area contributed by atoms with Crippen molar-refractivity contribution in [1.82, 2.24) is 4.90 Å². The van der Waals surface area contributed by atoms with Crippen LogP contribution in [0, 0.1) is 0 Å². The molecule has 22 heavy (non-hydrogen) atoms. The summed E-state index contributed by atoms with van der Waals surface area (Å²) < 4.78 is 17.6. The number of aliphatic imine (C=N–C) groups is 1. The van der Waals surface area contributed by atoms with Crippen LogP contribution in [-0.4, -0.2) is 65.0 Å². The first-order chi connectivity index (χ1) is 10.6. The van der Waals surface area contributed by atoms with E-state index < -0.39 is 8.80 Å². The molecule has 0 fully saturated rings. The maximum atomic E-state index is 5.85. The van der Waals surface area contributed by atoms with E-state index in [1.807, 2.05) is 20.8 Å². The van der Waals surface area contributed by atoms with Gasteiger partial charge in [0.05, 0.1) is 0 Å². The van der Waals surface area contributed by atoms with E-state index in [0.717, 1.165) is 32.5 Å². The number of hydrogen-bond donors (Lipinski definition) is 0. The second kappa shape index (κ2) is 13.2. The van der Waals surface area contributed by atoms with Crippen LogP contribution in [-0.2, 0) is 13.3 Å². The minimum absolute atomic E-state index is 0.532. The SMILES string of the molecule is CCO[Si](CN=C(CC)CCN(CC)CC)(OCC)OCC. The van der Waals surface area contributed by atoms with Gasteiger partial charge >= 0.3 is 8.80 Å². The molecular weight excluding hydrogens is 296 g/mol. The zero-order valence-corrected chi connectivity index (χ0v) is 16.5. The van der Waals surface area contributed by atoms with Gasteiger partial charge in [0.25, 0.3) is 0 Å².